The Morgan fingerprint density at radius 3 is 2.68 bits per heavy atom. The quantitative estimate of drug-likeness (QED) is 0.476. The third-order valence-electron chi connectivity index (χ3n) is 3.08. The molecular formula is C11H19N3O4S. The Bertz CT molecular complexity index is 377. The fourth-order valence-electron chi connectivity index (χ4n) is 2.00. The Labute approximate surface area is 116 Å². The molecule has 2 amide bonds. The van der Waals surface area contributed by atoms with Gasteiger partial charge in [0.2, 0.25) is 11.8 Å². The van der Waals surface area contributed by atoms with E-state index in [0.717, 1.165) is 0 Å². The molecule has 0 saturated carbocycles. The molecule has 7 nitrogen and oxygen atoms in total. The lowest BCUT2D eigenvalue weighted by molar-refractivity contribution is -0.149. The SMILES string of the molecule is CC(NC(=O)C(N)CS)C(=O)N1CCCC1C(=O)O. The topological polar surface area (TPSA) is 113 Å². The first-order valence-electron chi connectivity index (χ1n) is 6.08. The van der Waals surface area contributed by atoms with E-state index in [9.17, 15) is 14.4 Å². The zero-order valence-corrected chi connectivity index (χ0v) is 11.6. The Hall–Kier alpha value is -1.28. The molecule has 1 saturated heterocycles. The van der Waals surface area contributed by atoms with E-state index < -0.39 is 35.9 Å². The maximum Gasteiger partial charge on any atom is 0.326 e. The highest BCUT2D eigenvalue weighted by Gasteiger charge is 2.36. The van der Waals surface area contributed by atoms with E-state index in [1.54, 1.807) is 0 Å². The lowest BCUT2D eigenvalue weighted by Gasteiger charge is -2.25. The first-order valence-corrected chi connectivity index (χ1v) is 6.71. The van der Waals surface area contributed by atoms with Crippen LogP contribution < -0.4 is 11.1 Å². The summed E-state index contributed by atoms with van der Waals surface area (Å²) in [5, 5.41) is 11.5. The van der Waals surface area contributed by atoms with Crippen molar-refractivity contribution < 1.29 is 19.5 Å². The van der Waals surface area contributed by atoms with Gasteiger partial charge in [-0.15, -0.1) is 0 Å². The van der Waals surface area contributed by atoms with Gasteiger partial charge in [0.05, 0.1) is 6.04 Å². The molecule has 0 bridgehead atoms. The summed E-state index contributed by atoms with van der Waals surface area (Å²) in [7, 11) is 0. The highest BCUT2D eigenvalue weighted by atomic mass is 32.1. The Morgan fingerprint density at radius 2 is 2.16 bits per heavy atom. The van der Waals surface area contributed by atoms with Crippen LogP contribution in [0.2, 0.25) is 0 Å². The van der Waals surface area contributed by atoms with Crippen LogP contribution in [0.4, 0.5) is 0 Å². The van der Waals surface area contributed by atoms with Gasteiger partial charge in [0.15, 0.2) is 0 Å². The van der Waals surface area contributed by atoms with Gasteiger partial charge in [-0.2, -0.15) is 12.6 Å². The van der Waals surface area contributed by atoms with Crippen LogP contribution in [0.5, 0.6) is 0 Å². The second-order valence-electron chi connectivity index (χ2n) is 4.55. The number of amides is 2. The molecule has 0 radical (unpaired) electrons. The summed E-state index contributed by atoms with van der Waals surface area (Å²) in [6, 6.07) is -2.38. The van der Waals surface area contributed by atoms with E-state index in [2.05, 4.69) is 17.9 Å². The summed E-state index contributed by atoms with van der Waals surface area (Å²) in [5.41, 5.74) is 5.49. The van der Waals surface area contributed by atoms with Gasteiger partial charge in [-0.25, -0.2) is 4.79 Å². The van der Waals surface area contributed by atoms with Crippen LogP contribution in [0.3, 0.4) is 0 Å². The van der Waals surface area contributed by atoms with E-state index in [-0.39, 0.29) is 5.75 Å². The molecule has 108 valence electrons. The maximum atomic E-state index is 12.1. The van der Waals surface area contributed by atoms with Crippen LogP contribution in [0.25, 0.3) is 0 Å². The molecule has 1 fully saturated rings. The number of carboxylic acid groups (broad SMARTS) is 1. The molecule has 0 aromatic carbocycles. The number of carboxylic acids is 1. The smallest absolute Gasteiger partial charge is 0.326 e. The van der Waals surface area contributed by atoms with Gasteiger partial charge in [0.1, 0.15) is 12.1 Å². The predicted octanol–water partition coefficient (Wildman–Crippen LogP) is -1.18. The van der Waals surface area contributed by atoms with Crippen molar-refractivity contribution in [2.75, 3.05) is 12.3 Å². The van der Waals surface area contributed by atoms with E-state index in [0.29, 0.717) is 19.4 Å². The van der Waals surface area contributed by atoms with E-state index in [1.807, 2.05) is 0 Å². The first-order chi connectivity index (χ1) is 8.88. The van der Waals surface area contributed by atoms with Crippen molar-refractivity contribution in [1.29, 1.82) is 0 Å². The highest BCUT2D eigenvalue weighted by Crippen LogP contribution is 2.18. The van der Waals surface area contributed by atoms with Crippen molar-refractivity contribution in [3.8, 4) is 0 Å². The van der Waals surface area contributed by atoms with Crippen molar-refractivity contribution in [3.05, 3.63) is 0 Å². The minimum Gasteiger partial charge on any atom is -0.480 e. The molecule has 0 aromatic rings. The molecule has 19 heavy (non-hydrogen) atoms. The third kappa shape index (κ3) is 3.84. The monoisotopic (exact) mass is 289 g/mol. The van der Waals surface area contributed by atoms with Crippen LogP contribution in [0.15, 0.2) is 0 Å². The van der Waals surface area contributed by atoms with Crippen molar-refractivity contribution >= 4 is 30.4 Å². The van der Waals surface area contributed by atoms with Crippen LogP contribution in [-0.2, 0) is 14.4 Å². The van der Waals surface area contributed by atoms with Crippen LogP contribution >= 0.6 is 12.6 Å². The fraction of sp³-hybridized carbons (Fsp3) is 0.727. The largest absolute Gasteiger partial charge is 0.480 e. The van der Waals surface area contributed by atoms with E-state index in [4.69, 9.17) is 10.8 Å². The number of thiol groups is 1. The average Bonchev–Trinajstić information content (AvgIpc) is 2.85. The molecule has 3 atom stereocenters. The zero-order valence-electron chi connectivity index (χ0n) is 10.7. The number of carbonyl (C=O) groups excluding carboxylic acids is 2. The van der Waals surface area contributed by atoms with Crippen LogP contribution in [0.1, 0.15) is 19.8 Å². The molecule has 1 aliphatic rings. The Kier molecular flexibility index (Phi) is 5.61. The number of hydrogen-bond acceptors (Lipinski definition) is 5. The molecule has 0 spiro atoms. The fourth-order valence-corrected chi connectivity index (χ4v) is 2.17. The lowest BCUT2D eigenvalue weighted by atomic mass is 10.2. The minimum absolute atomic E-state index is 0.175. The van der Waals surface area contributed by atoms with Crippen LogP contribution in [-0.4, -0.2) is 58.2 Å². The molecule has 1 heterocycles. The normalized spacial score (nSPS) is 21.8. The van der Waals surface area contributed by atoms with E-state index in [1.165, 1.54) is 11.8 Å². The summed E-state index contributed by atoms with van der Waals surface area (Å²) in [5.74, 6) is -1.71. The van der Waals surface area contributed by atoms with Crippen molar-refractivity contribution in [2.45, 2.75) is 37.9 Å². The number of carbonyl (C=O) groups is 3. The lowest BCUT2D eigenvalue weighted by Crippen LogP contribution is -2.53. The average molecular weight is 289 g/mol. The van der Waals surface area contributed by atoms with Crippen molar-refractivity contribution in [1.82, 2.24) is 10.2 Å². The number of rotatable bonds is 5. The van der Waals surface area contributed by atoms with Gasteiger partial charge >= 0.3 is 5.97 Å². The number of nitrogens with zero attached hydrogens (tertiary/aromatic N) is 1. The van der Waals surface area contributed by atoms with Gasteiger partial charge < -0.3 is 21.1 Å². The molecule has 0 aliphatic carbocycles. The summed E-state index contributed by atoms with van der Waals surface area (Å²) >= 11 is 3.90. The number of likely N-dealkylation sites (tertiary alicyclic amines) is 1. The third-order valence-corrected chi connectivity index (χ3v) is 3.48. The summed E-state index contributed by atoms with van der Waals surface area (Å²) in [6.07, 6.45) is 1.09. The van der Waals surface area contributed by atoms with E-state index >= 15 is 0 Å². The first kappa shape index (κ1) is 15.8. The highest BCUT2D eigenvalue weighted by molar-refractivity contribution is 7.80. The second kappa shape index (κ2) is 6.76. The number of nitrogens with two attached hydrogens (primary N) is 1. The van der Waals surface area contributed by atoms with Crippen LogP contribution in [0, 0.1) is 0 Å². The molecule has 8 heteroatoms. The predicted molar refractivity (Wildman–Crippen MR) is 71.8 cm³/mol. The Balaban J connectivity index is 2.62. The van der Waals surface area contributed by atoms with Gasteiger partial charge in [-0.05, 0) is 19.8 Å². The maximum absolute atomic E-state index is 12.1. The van der Waals surface area contributed by atoms with Gasteiger partial charge in [-0.3, -0.25) is 9.59 Å². The molecule has 1 aliphatic heterocycles. The second-order valence-corrected chi connectivity index (χ2v) is 4.91. The Morgan fingerprint density at radius 1 is 1.53 bits per heavy atom. The summed E-state index contributed by atoms with van der Waals surface area (Å²) in [6.45, 7) is 1.91. The number of aliphatic carboxylic acids is 1. The number of hydrogen-bond donors (Lipinski definition) is 4. The zero-order chi connectivity index (χ0) is 14.6. The molecule has 1 rings (SSSR count). The molecule has 3 unspecified atom stereocenters. The summed E-state index contributed by atoms with van der Waals surface area (Å²) in [4.78, 5) is 35.9. The van der Waals surface area contributed by atoms with Gasteiger partial charge in [0, 0.05) is 12.3 Å². The van der Waals surface area contributed by atoms with Crippen molar-refractivity contribution in [2.24, 2.45) is 5.73 Å². The molecular weight excluding hydrogens is 270 g/mol. The summed E-state index contributed by atoms with van der Waals surface area (Å²) < 4.78 is 0. The molecule has 4 N–H and O–H groups in total. The minimum atomic E-state index is -1.02. The van der Waals surface area contributed by atoms with Crippen molar-refractivity contribution in [3.63, 3.8) is 0 Å². The molecule has 0 aromatic heterocycles. The standard InChI is InChI=1S/C11H19N3O4S/c1-6(13-9(15)7(12)5-19)10(16)14-4-2-3-8(14)11(17)18/h6-8,19H,2-5,12H2,1H3,(H,13,15)(H,17,18). The van der Waals surface area contributed by atoms with Gasteiger partial charge in [-0.1, -0.05) is 0 Å². The van der Waals surface area contributed by atoms with Gasteiger partial charge in [0.25, 0.3) is 0 Å². The number of nitrogens with one attached hydrogen (secondary N) is 1.